The Hall–Kier alpha value is -0.990. The second-order valence-corrected chi connectivity index (χ2v) is 5.24. The molecule has 0 atom stereocenters. The predicted octanol–water partition coefficient (Wildman–Crippen LogP) is 3.44. The predicted molar refractivity (Wildman–Crippen MR) is 73.2 cm³/mol. The Morgan fingerprint density at radius 1 is 1.19 bits per heavy atom. The van der Waals surface area contributed by atoms with E-state index in [-0.39, 0.29) is 0 Å². The third kappa shape index (κ3) is 2.08. The van der Waals surface area contributed by atoms with Crippen LogP contribution >= 0.6 is 11.8 Å². The zero-order valence-corrected chi connectivity index (χ0v) is 10.6. The van der Waals surface area contributed by atoms with Crippen LogP contribution in [0.2, 0.25) is 0 Å². The maximum atomic E-state index is 5.88. The first kappa shape index (κ1) is 11.5. The summed E-state index contributed by atoms with van der Waals surface area (Å²) in [6.07, 6.45) is 0. The number of hydrogen-bond donors (Lipinski definition) is 1. The summed E-state index contributed by atoms with van der Waals surface area (Å²) in [5.74, 6) is 1.08. The van der Waals surface area contributed by atoms with E-state index in [9.17, 15) is 0 Å². The van der Waals surface area contributed by atoms with E-state index in [1.54, 1.807) is 0 Å². The highest BCUT2D eigenvalue weighted by Gasteiger charge is 2.17. The van der Waals surface area contributed by atoms with Crippen LogP contribution < -0.4 is 5.73 Å². The highest BCUT2D eigenvalue weighted by Crippen LogP contribution is 2.38. The SMILES string of the molecule is CC1=C(CN)C(c2ccccc2)=C(C)SC1. The molecule has 1 aliphatic rings. The van der Waals surface area contributed by atoms with Crippen LogP contribution in [0, 0.1) is 0 Å². The van der Waals surface area contributed by atoms with Crippen molar-refractivity contribution in [1.29, 1.82) is 0 Å². The molecule has 2 N–H and O–H groups in total. The van der Waals surface area contributed by atoms with Gasteiger partial charge < -0.3 is 5.73 Å². The van der Waals surface area contributed by atoms with Gasteiger partial charge in [-0.1, -0.05) is 35.9 Å². The van der Waals surface area contributed by atoms with Crippen molar-refractivity contribution in [2.45, 2.75) is 13.8 Å². The molecule has 0 fully saturated rings. The zero-order chi connectivity index (χ0) is 11.5. The van der Waals surface area contributed by atoms with Gasteiger partial charge in [-0.05, 0) is 35.5 Å². The van der Waals surface area contributed by atoms with Gasteiger partial charge in [-0.2, -0.15) is 0 Å². The standard InChI is InChI=1S/C14H17NS/c1-10-9-16-11(2)14(13(10)8-15)12-6-4-3-5-7-12/h3-7H,8-9,15H2,1-2H3. The number of hydrogen-bond acceptors (Lipinski definition) is 2. The Balaban J connectivity index is 2.53. The minimum Gasteiger partial charge on any atom is -0.326 e. The maximum Gasteiger partial charge on any atom is 0.0191 e. The lowest BCUT2D eigenvalue weighted by Crippen LogP contribution is -2.12. The summed E-state index contributed by atoms with van der Waals surface area (Å²) in [5.41, 5.74) is 11.2. The van der Waals surface area contributed by atoms with Crippen molar-refractivity contribution in [3.63, 3.8) is 0 Å². The summed E-state index contributed by atoms with van der Waals surface area (Å²) in [5, 5.41) is 0. The van der Waals surface area contributed by atoms with Crippen molar-refractivity contribution < 1.29 is 0 Å². The van der Waals surface area contributed by atoms with Crippen molar-refractivity contribution in [1.82, 2.24) is 0 Å². The van der Waals surface area contributed by atoms with Crippen LogP contribution in [0.3, 0.4) is 0 Å². The monoisotopic (exact) mass is 231 g/mol. The van der Waals surface area contributed by atoms with E-state index in [0.717, 1.165) is 5.75 Å². The number of allylic oxidation sites excluding steroid dienone is 1. The Morgan fingerprint density at radius 3 is 2.50 bits per heavy atom. The minimum atomic E-state index is 0.633. The Kier molecular flexibility index (Phi) is 3.52. The first-order chi connectivity index (χ1) is 7.74. The molecule has 0 unspecified atom stereocenters. The van der Waals surface area contributed by atoms with E-state index in [2.05, 4.69) is 38.1 Å². The molecule has 0 bridgehead atoms. The molecule has 0 radical (unpaired) electrons. The van der Waals surface area contributed by atoms with Crippen molar-refractivity contribution in [2.24, 2.45) is 5.73 Å². The zero-order valence-electron chi connectivity index (χ0n) is 9.79. The maximum absolute atomic E-state index is 5.88. The van der Waals surface area contributed by atoms with Gasteiger partial charge in [0.15, 0.2) is 0 Å². The summed E-state index contributed by atoms with van der Waals surface area (Å²) in [6.45, 7) is 5.01. The van der Waals surface area contributed by atoms with E-state index >= 15 is 0 Å². The smallest absolute Gasteiger partial charge is 0.0191 e. The summed E-state index contributed by atoms with van der Waals surface area (Å²) >= 11 is 1.91. The molecular formula is C14H17NS. The van der Waals surface area contributed by atoms with Gasteiger partial charge in [-0.15, -0.1) is 11.8 Å². The van der Waals surface area contributed by atoms with Gasteiger partial charge in [0.1, 0.15) is 0 Å². The summed E-state index contributed by atoms with van der Waals surface area (Å²) < 4.78 is 0. The second-order valence-electron chi connectivity index (χ2n) is 4.05. The molecule has 1 heterocycles. The third-order valence-electron chi connectivity index (χ3n) is 2.94. The largest absolute Gasteiger partial charge is 0.326 e. The Bertz CT molecular complexity index is 443. The van der Waals surface area contributed by atoms with Crippen LogP contribution in [-0.4, -0.2) is 12.3 Å². The van der Waals surface area contributed by atoms with Crippen LogP contribution in [0.4, 0.5) is 0 Å². The third-order valence-corrected chi connectivity index (χ3v) is 4.16. The van der Waals surface area contributed by atoms with Gasteiger partial charge in [-0.3, -0.25) is 0 Å². The quantitative estimate of drug-likeness (QED) is 0.843. The molecule has 0 spiro atoms. The summed E-state index contributed by atoms with van der Waals surface area (Å²) in [7, 11) is 0. The van der Waals surface area contributed by atoms with Crippen LogP contribution in [-0.2, 0) is 0 Å². The number of benzene rings is 1. The molecule has 1 aromatic rings. The van der Waals surface area contributed by atoms with Crippen LogP contribution in [0.1, 0.15) is 19.4 Å². The molecule has 1 aromatic carbocycles. The first-order valence-corrected chi connectivity index (χ1v) is 6.50. The number of thioether (sulfide) groups is 1. The van der Waals surface area contributed by atoms with Gasteiger partial charge in [0.25, 0.3) is 0 Å². The van der Waals surface area contributed by atoms with E-state index < -0.39 is 0 Å². The normalized spacial score (nSPS) is 16.9. The number of rotatable bonds is 2. The topological polar surface area (TPSA) is 26.0 Å². The second kappa shape index (κ2) is 4.89. The van der Waals surface area contributed by atoms with E-state index in [0.29, 0.717) is 6.54 Å². The molecule has 16 heavy (non-hydrogen) atoms. The lowest BCUT2D eigenvalue weighted by molar-refractivity contribution is 1.14. The average Bonchev–Trinajstić information content (AvgIpc) is 2.33. The highest BCUT2D eigenvalue weighted by atomic mass is 32.2. The fraction of sp³-hybridized carbons (Fsp3) is 0.286. The molecule has 0 saturated carbocycles. The highest BCUT2D eigenvalue weighted by molar-refractivity contribution is 8.03. The van der Waals surface area contributed by atoms with Crippen LogP contribution in [0.15, 0.2) is 46.4 Å². The van der Waals surface area contributed by atoms with Gasteiger partial charge in [-0.25, -0.2) is 0 Å². The minimum absolute atomic E-state index is 0.633. The van der Waals surface area contributed by atoms with Crippen molar-refractivity contribution in [3.8, 4) is 0 Å². The van der Waals surface area contributed by atoms with E-state index in [1.165, 1.54) is 27.2 Å². The average molecular weight is 231 g/mol. The molecule has 1 nitrogen and oxygen atoms in total. The number of nitrogens with two attached hydrogens (primary N) is 1. The molecule has 0 aliphatic carbocycles. The molecule has 2 rings (SSSR count). The van der Waals surface area contributed by atoms with Crippen molar-refractivity contribution in [2.75, 3.05) is 12.3 Å². The fourth-order valence-corrected chi connectivity index (χ4v) is 3.05. The van der Waals surface area contributed by atoms with Gasteiger partial charge in [0.2, 0.25) is 0 Å². The van der Waals surface area contributed by atoms with Crippen LogP contribution in [0.5, 0.6) is 0 Å². The van der Waals surface area contributed by atoms with E-state index in [1.807, 2.05) is 17.8 Å². The van der Waals surface area contributed by atoms with Crippen LogP contribution in [0.25, 0.3) is 5.57 Å². The van der Waals surface area contributed by atoms with Gasteiger partial charge >= 0.3 is 0 Å². The molecule has 0 aromatic heterocycles. The molecule has 0 saturated heterocycles. The van der Waals surface area contributed by atoms with Crippen molar-refractivity contribution in [3.05, 3.63) is 51.9 Å². The Morgan fingerprint density at radius 2 is 1.88 bits per heavy atom. The lowest BCUT2D eigenvalue weighted by atomic mass is 9.94. The van der Waals surface area contributed by atoms with Gasteiger partial charge in [0, 0.05) is 12.3 Å². The van der Waals surface area contributed by atoms with Gasteiger partial charge in [0.05, 0.1) is 0 Å². The molecule has 2 heteroatoms. The molecule has 84 valence electrons. The summed E-state index contributed by atoms with van der Waals surface area (Å²) in [4.78, 5) is 1.39. The fourth-order valence-electron chi connectivity index (χ4n) is 2.06. The molecular weight excluding hydrogens is 214 g/mol. The van der Waals surface area contributed by atoms with E-state index in [4.69, 9.17) is 5.73 Å². The molecule has 1 aliphatic heterocycles. The first-order valence-electron chi connectivity index (χ1n) is 5.52. The van der Waals surface area contributed by atoms with Crippen molar-refractivity contribution >= 4 is 17.3 Å². The molecule has 0 amide bonds. The Labute approximate surface area is 101 Å². The summed E-state index contributed by atoms with van der Waals surface area (Å²) in [6, 6.07) is 10.5. The lowest BCUT2D eigenvalue weighted by Gasteiger charge is -2.22.